The number of halogens is 2. The van der Waals surface area contributed by atoms with Crippen LogP contribution in [-0.4, -0.2) is 21.2 Å². The van der Waals surface area contributed by atoms with E-state index in [-0.39, 0.29) is 17.2 Å². The number of fused-ring (bicyclic) bond motifs is 3. The molecule has 2 aromatic heterocycles. The van der Waals surface area contributed by atoms with Crippen LogP contribution in [0.2, 0.25) is 0 Å². The lowest BCUT2D eigenvalue weighted by molar-refractivity contribution is -0.113. The van der Waals surface area contributed by atoms with Crippen molar-refractivity contribution in [2.24, 2.45) is 0 Å². The number of anilines is 1. The number of aryl methyl sites for hydroxylation is 2. The van der Waals surface area contributed by atoms with Gasteiger partial charge in [0.2, 0.25) is 5.91 Å². The summed E-state index contributed by atoms with van der Waals surface area (Å²) in [5.74, 6) is -0.000172. The van der Waals surface area contributed by atoms with Crippen molar-refractivity contribution in [3.05, 3.63) is 78.3 Å². The summed E-state index contributed by atoms with van der Waals surface area (Å²) in [6.07, 6.45) is 4.18. The number of carbonyl (C=O) groups excluding carboxylic acids is 1. The molecule has 0 aliphatic heterocycles. The van der Waals surface area contributed by atoms with E-state index in [0.717, 1.165) is 61.8 Å². The maximum atomic E-state index is 13.7. The number of benzene rings is 2. The maximum Gasteiger partial charge on any atom is 0.267 e. The van der Waals surface area contributed by atoms with Crippen LogP contribution in [0.25, 0.3) is 15.9 Å². The van der Waals surface area contributed by atoms with Crippen LogP contribution in [0.15, 0.2) is 67.4 Å². The summed E-state index contributed by atoms with van der Waals surface area (Å²) >= 11 is 9.76. The Morgan fingerprint density at radius 3 is 2.42 bits per heavy atom. The summed E-state index contributed by atoms with van der Waals surface area (Å²) in [5.41, 5.74) is 2.57. The van der Waals surface area contributed by atoms with E-state index >= 15 is 0 Å². The predicted molar refractivity (Wildman–Crippen MR) is 143 cm³/mol. The summed E-state index contributed by atoms with van der Waals surface area (Å²) < 4.78 is 3.53. The standard InChI is InChI=1S/C24H19Br2N3O2S2/c25-14-5-9-16(10-6-14)27-20(30)13-32-24-28-22-21(18-3-1-2-4-19(18)33-22)23(31)29(24)17-11-7-15(26)8-12-17/h5-12H,1-4,13H2,(H,27,30). The van der Waals surface area contributed by atoms with Crippen molar-refractivity contribution >= 4 is 76.8 Å². The number of nitrogens with zero attached hydrogens (tertiary/aromatic N) is 2. The number of hydrogen-bond acceptors (Lipinski definition) is 5. The van der Waals surface area contributed by atoms with Crippen molar-refractivity contribution in [1.29, 1.82) is 0 Å². The highest BCUT2D eigenvalue weighted by molar-refractivity contribution is 9.10. The number of amides is 1. The molecule has 0 radical (unpaired) electrons. The molecule has 0 saturated heterocycles. The van der Waals surface area contributed by atoms with Crippen molar-refractivity contribution in [3.63, 3.8) is 0 Å². The zero-order chi connectivity index (χ0) is 22.9. The fraction of sp³-hybridized carbons (Fsp3) is 0.208. The van der Waals surface area contributed by atoms with Crippen molar-refractivity contribution < 1.29 is 4.79 Å². The number of carbonyl (C=O) groups is 1. The Kier molecular flexibility index (Phi) is 6.74. The van der Waals surface area contributed by atoms with Crippen LogP contribution >= 0.6 is 55.0 Å². The lowest BCUT2D eigenvalue weighted by atomic mass is 9.97. The Morgan fingerprint density at radius 2 is 1.70 bits per heavy atom. The van der Waals surface area contributed by atoms with Gasteiger partial charge in [-0.05, 0) is 79.8 Å². The third-order valence-corrected chi connectivity index (χ3v) is 8.68. The van der Waals surface area contributed by atoms with Crippen LogP contribution in [-0.2, 0) is 17.6 Å². The second kappa shape index (κ2) is 9.74. The molecule has 0 atom stereocenters. The lowest BCUT2D eigenvalue weighted by Gasteiger charge is -2.14. The van der Waals surface area contributed by atoms with Crippen molar-refractivity contribution in [3.8, 4) is 5.69 Å². The van der Waals surface area contributed by atoms with Gasteiger partial charge in [0.15, 0.2) is 5.16 Å². The van der Waals surface area contributed by atoms with Crippen LogP contribution in [0.3, 0.4) is 0 Å². The molecule has 1 amide bonds. The maximum absolute atomic E-state index is 13.7. The molecule has 5 rings (SSSR count). The molecule has 2 heterocycles. The van der Waals surface area contributed by atoms with Gasteiger partial charge in [0.05, 0.1) is 16.8 Å². The molecule has 9 heteroatoms. The molecule has 168 valence electrons. The van der Waals surface area contributed by atoms with Gasteiger partial charge in [0, 0.05) is 19.5 Å². The van der Waals surface area contributed by atoms with E-state index in [4.69, 9.17) is 4.98 Å². The second-order valence-corrected chi connectivity index (χ2v) is 11.6. The summed E-state index contributed by atoms with van der Waals surface area (Å²) in [4.78, 5) is 33.3. The molecule has 1 aliphatic rings. The largest absolute Gasteiger partial charge is 0.325 e. The summed E-state index contributed by atoms with van der Waals surface area (Å²) in [6, 6.07) is 15.0. The molecule has 0 bridgehead atoms. The zero-order valence-corrected chi connectivity index (χ0v) is 22.2. The van der Waals surface area contributed by atoms with E-state index in [2.05, 4.69) is 37.2 Å². The highest BCUT2D eigenvalue weighted by atomic mass is 79.9. The van der Waals surface area contributed by atoms with E-state index < -0.39 is 0 Å². The first-order valence-electron chi connectivity index (χ1n) is 10.5. The van der Waals surface area contributed by atoms with Gasteiger partial charge in [-0.1, -0.05) is 43.6 Å². The minimum atomic E-state index is -0.149. The van der Waals surface area contributed by atoms with Gasteiger partial charge in [-0.15, -0.1) is 11.3 Å². The van der Waals surface area contributed by atoms with E-state index in [1.54, 1.807) is 15.9 Å². The Morgan fingerprint density at radius 1 is 1.03 bits per heavy atom. The van der Waals surface area contributed by atoms with E-state index in [1.165, 1.54) is 16.6 Å². The third-order valence-electron chi connectivity index (χ3n) is 5.50. The molecule has 33 heavy (non-hydrogen) atoms. The van der Waals surface area contributed by atoms with Gasteiger partial charge in [-0.2, -0.15) is 0 Å². The Bertz CT molecular complexity index is 1400. The Balaban J connectivity index is 1.51. The number of rotatable bonds is 5. The van der Waals surface area contributed by atoms with Crippen LogP contribution in [0.1, 0.15) is 23.3 Å². The van der Waals surface area contributed by atoms with Crippen LogP contribution in [0.5, 0.6) is 0 Å². The Hall–Kier alpha value is -1.94. The fourth-order valence-corrected chi connectivity index (χ4v) is 6.61. The molecule has 1 N–H and O–H groups in total. The number of aromatic nitrogens is 2. The summed E-state index contributed by atoms with van der Waals surface area (Å²) in [6.45, 7) is 0. The summed E-state index contributed by atoms with van der Waals surface area (Å²) in [7, 11) is 0. The topological polar surface area (TPSA) is 64.0 Å². The first-order chi connectivity index (χ1) is 16.0. The van der Waals surface area contributed by atoms with E-state index in [1.807, 2.05) is 48.5 Å². The van der Waals surface area contributed by atoms with E-state index in [9.17, 15) is 9.59 Å². The number of thioether (sulfide) groups is 1. The predicted octanol–water partition coefficient (Wildman–Crippen LogP) is 6.58. The molecule has 4 aromatic rings. The molecule has 0 fully saturated rings. The number of thiophene rings is 1. The van der Waals surface area contributed by atoms with Crippen molar-refractivity contribution in [2.45, 2.75) is 30.8 Å². The fourth-order valence-electron chi connectivity index (χ4n) is 3.96. The normalized spacial score (nSPS) is 13.2. The Labute approximate surface area is 215 Å². The molecular weight excluding hydrogens is 586 g/mol. The molecule has 0 saturated carbocycles. The molecule has 0 spiro atoms. The first-order valence-corrected chi connectivity index (χ1v) is 13.9. The average molecular weight is 605 g/mol. The summed E-state index contributed by atoms with van der Waals surface area (Å²) in [5, 5.41) is 4.16. The van der Waals surface area contributed by atoms with Gasteiger partial charge in [-0.3, -0.25) is 14.2 Å². The molecule has 5 nitrogen and oxygen atoms in total. The minimum absolute atomic E-state index is 0.0578. The van der Waals surface area contributed by atoms with Gasteiger partial charge >= 0.3 is 0 Å². The van der Waals surface area contributed by atoms with E-state index in [0.29, 0.717) is 5.16 Å². The highest BCUT2D eigenvalue weighted by Crippen LogP contribution is 2.35. The van der Waals surface area contributed by atoms with Gasteiger partial charge in [0.25, 0.3) is 5.56 Å². The molecule has 1 aliphatic carbocycles. The third kappa shape index (κ3) is 4.82. The zero-order valence-electron chi connectivity index (χ0n) is 17.4. The van der Waals surface area contributed by atoms with Crippen molar-refractivity contribution in [2.75, 3.05) is 11.1 Å². The van der Waals surface area contributed by atoms with Gasteiger partial charge in [-0.25, -0.2) is 4.98 Å². The van der Waals surface area contributed by atoms with Gasteiger partial charge < -0.3 is 5.32 Å². The number of hydrogen-bond donors (Lipinski definition) is 1. The first kappa shape index (κ1) is 22.8. The SMILES string of the molecule is O=C(CSc1nc2sc3c(c2c(=O)n1-c1ccc(Br)cc1)CCCC3)Nc1ccc(Br)cc1. The quantitative estimate of drug-likeness (QED) is 0.206. The average Bonchev–Trinajstić information content (AvgIpc) is 3.19. The smallest absolute Gasteiger partial charge is 0.267 e. The van der Waals surface area contributed by atoms with Crippen molar-refractivity contribution in [1.82, 2.24) is 9.55 Å². The molecule has 0 unspecified atom stereocenters. The van der Waals surface area contributed by atoms with Gasteiger partial charge in [0.1, 0.15) is 4.83 Å². The number of nitrogens with one attached hydrogen (secondary N) is 1. The monoisotopic (exact) mass is 603 g/mol. The highest BCUT2D eigenvalue weighted by Gasteiger charge is 2.23. The molecular formula is C24H19Br2N3O2S2. The minimum Gasteiger partial charge on any atom is -0.325 e. The van der Waals surface area contributed by atoms with Crippen LogP contribution in [0.4, 0.5) is 5.69 Å². The van der Waals surface area contributed by atoms with Crippen LogP contribution in [0, 0.1) is 0 Å². The molecule has 2 aromatic carbocycles. The lowest BCUT2D eigenvalue weighted by Crippen LogP contribution is -2.23. The van der Waals surface area contributed by atoms with Crippen LogP contribution < -0.4 is 10.9 Å². The second-order valence-electron chi connectivity index (χ2n) is 7.75.